The summed E-state index contributed by atoms with van der Waals surface area (Å²) in [5.74, 6) is -1.38. The molecule has 8 nitrogen and oxygen atoms in total. The normalized spacial score (nSPS) is 28.5. The van der Waals surface area contributed by atoms with Crippen molar-refractivity contribution in [1.82, 2.24) is 15.5 Å². The van der Waals surface area contributed by atoms with Crippen LogP contribution in [0.25, 0.3) is 0 Å². The van der Waals surface area contributed by atoms with E-state index < -0.39 is 17.6 Å². The number of aliphatic carboxylic acids is 1. The number of nitrogens with zero attached hydrogens (tertiary/aromatic N) is 1. The number of carbonyl (C=O) groups is 2. The van der Waals surface area contributed by atoms with Crippen molar-refractivity contribution in [3.63, 3.8) is 0 Å². The van der Waals surface area contributed by atoms with E-state index in [1.165, 1.54) is 12.8 Å². The van der Waals surface area contributed by atoms with Gasteiger partial charge in [0.15, 0.2) is 5.60 Å². The summed E-state index contributed by atoms with van der Waals surface area (Å²) in [5, 5.41) is 23.2. The Bertz CT molecular complexity index is 401. The molecule has 0 bridgehead atoms. The number of carbonyl (C=O) groups excluding carboxylic acids is 1. The lowest BCUT2D eigenvalue weighted by atomic mass is 10.1. The van der Waals surface area contributed by atoms with Gasteiger partial charge in [0, 0.05) is 19.1 Å². The average molecular weight is 301 g/mol. The Kier molecular flexibility index (Phi) is 5.02. The molecule has 2 aliphatic heterocycles. The lowest BCUT2D eigenvalue weighted by molar-refractivity contribution is -0.155. The van der Waals surface area contributed by atoms with Crippen LogP contribution < -0.4 is 10.6 Å². The second kappa shape index (κ2) is 6.59. The monoisotopic (exact) mass is 301 g/mol. The van der Waals surface area contributed by atoms with E-state index in [4.69, 9.17) is 9.84 Å². The highest BCUT2D eigenvalue weighted by Crippen LogP contribution is 2.22. The van der Waals surface area contributed by atoms with Crippen molar-refractivity contribution in [2.45, 2.75) is 37.5 Å². The lowest BCUT2D eigenvalue weighted by Crippen LogP contribution is -2.53. The van der Waals surface area contributed by atoms with E-state index in [0.717, 1.165) is 20.0 Å². The van der Waals surface area contributed by atoms with Crippen LogP contribution in [0.15, 0.2) is 0 Å². The van der Waals surface area contributed by atoms with Crippen LogP contribution in [0.4, 0.5) is 4.79 Å². The summed E-state index contributed by atoms with van der Waals surface area (Å²) in [7, 11) is 0. The molecule has 0 aromatic heterocycles. The third kappa shape index (κ3) is 4.29. The third-order valence-corrected chi connectivity index (χ3v) is 4.01. The van der Waals surface area contributed by atoms with Crippen molar-refractivity contribution < 1.29 is 24.5 Å². The van der Waals surface area contributed by atoms with Crippen molar-refractivity contribution >= 4 is 12.0 Å². The first-order valence-electron chi connectivity index (χ1n) is 7.21. The molecule has 0 radical (unpaired) electrons. The number of ether oxygens (including phenoxy) is 1. The maximum Gasteiger partial charge on any atom is 0.337 e. The summed E-state index contributed by atoms with van der Waals surface area (Å²) in [4.78, 5) is 24.7. The van der Waals surface area contributed by atoms with E-state index in [0.29, 0.717) is 19.2 Å². The number of aliphatic hydroxyl groups is 1. The van der Waals surface area contributed by atoms with Crippen LogP contribution >= 0.6 is 0 Å². The highest BCUT2D eigenvalue weighted by Gasteiger charge is 2.33. The topological polar surface area (TPSA) is 111 Å². The van der Waals surface area contributed by atoms with E-state index >= 15 is 0 Å². The van der Waals surface area contributed by atoms with Crippen LogP contribution in [0.3, 0.4) is 0 Å². The Balaban J connectivity index is 1.66. The largest absolute Gasteiger partial charge is 0.479 e. The molecule has 4 N–H and O–H groups in total. The fraction of sp³-hybridized carbons (Fsp3) is 0.846. The van der Waals surface area contributed by atoms with Gasteiger partial charge in [-0.25, -0.2) is 9.59 Å². The minimum Gasteiger partial charge on any atom is -0.479 e. The number of morpholine rings is 1. The van der Waals surface area contributed by atoms with Gasteiger partial charge in [0.2, 0.25) is 0 Å². The van der Waals surface area contributed by atoms with Crippen LogP contribution in [0.5, 0.6) is 0 Å². The standard InChI is InChI=1S/C13H23N3O5/c1-13(20,11(17)18)8-15-12(19)14-5-10-6-16-4-2-3-9(16)7-21-10/h9-10,20H,2-8H2,1H3,(H,17,18)(H2,14,15,19). The third-order valence-electron chi connectivity index (χ3n) is 4.01. The number of hydrogen-bond donors (Lipinski definition) is 4. The molecule has 2 amide bonds. The van der Waals surface area contributed by atoms with E-state index in [-0.39, 0.29) is 12.6 Å². The van der Waals surface area contributed by atoms with Gasteiger partial charge >= 0.3 is 12.0 Å². The molecule has 120 valence electrons. The first kappa shape index (κ1) is 16.0. The van der Waals surface area contributed by atoms with E-state index in [1.807, 2.05) is 0 Å². The maximum atomic E-state index is 11.6. The van der Waals surface area contributed by atoms with Crippen molar-refractivity contribution in [2.75, 3.05) is 32.8 Å². The van der Waals surface area contributed by atoms with Gasteiger partial charge in [-0.1, -0.05) is 0 Å². The van der Waals surface area contributed by atoms with Crippen molar-refractivity contribution in [3.8, 4) is 0 Å². The molecule has 0 spiro atoms. The molecule has 3 atom stereocenters. The molecule has 0 saturated carbocycles. The molecule has 2 rings (SSSR count). The minimum atomic E-state index is -1.97. The highest BCUT2D eigenvalue weighted by molar-refractivity contribution is 5.79. The molecule has 0 aliphatic carbocycles. The quantitative estimate of drug-likeness (QED) is 0.517. The molecule has 2 heterocycles. The summed E-state index contributed by atoms with van der Waals surface area (Å²) in [5.41, 5.74) is -1.97. The van der Waals surface area contributed by atoms with E-state index in [2.05, 4.69) is 15.5 Å². The lowest BCUT2D eigenvalue weighted by Gasteiger charge is -2.35. The first-order chi connectivity index (χ1) is 9.88. The van der Waals surface area contributed by atoms with Gasteiger partial charge in [-0.3, -0.25) is 4.90 Å². The van der Waals surface area contributed by atoms with E-state index in [1.54, 1.807) is 0 Å². The number of hydrogen-bond acceptors (Lipinski definition) is 5. The van der Waals surface area contributed by atoms with Crippen molar-refractivity contribution in [3.05, 3.63) is 0 Å². The molecule has 2 saturated heterocycles. The minimum absolute atomic E-state index is 0.0508. The molecule has 21 heavy (non-hydrogen) atoms. The summed E-state index contributed by atoms with van der Waals surface area (Å²) in [6, 6.07) is 0.00408. The van der Waals surface area contributed by atoms with Gasteiger partial charge in [0.25, 0.3) is 0 Å². The molecule has 0 aromatic rings. The SMILES string of the molecule is CC(O)(CNC(=O)NCC1CN2CCCC2CO1)C(=O)O. The smallest absolute Gasteiger partial charge is 0.337 e. The molecule has 2 fully saturated rings. The van der Waals surface area contributed by atoms with Gasteiger partial charge in [-0.2, -0.15) is 0 Å². The van der Waals surface area contributed by atoms with Gasteiger partial charge in [-0.15, -0.1) is 0 Å². The number of fused-ring (bicyclic) bond motifs is 1. The van der Waals surface area contributed by atoms with E-state index in [9.17, 15) is 14.7 Å². The molecular weight excluding hydrogens is 278 g/mol. The van der Waals surface area contributed by atoms with Crippen molar-refractivity contribution in [1.29, 1.82) is 0 Å². The number of urea groups is 1. The van der Waals surface area contributed by atoms with Crippen molar-refractivity contribution in [2.24, 2.45) is 0 Å². The molecule has 8 heteroatoms. The fourth-order valence-electron chi connectivity index (χ4n) is 2.61. The van der Waals surface area contributed by atoms with Crippen LogP contribution in [0.2, 0.25) is 0 Å². The Morgan fingerprint density at radius 1 is 1.43 bits per heavy atom. The predicted octanol–water partition coefficient (Wildman–Crippen LogP) is -1.02. The number of rotatable bonds is 5. The van der Waals surface area contributed by atoms with Gasteiger partial charge in [0.05, 0.1) is 19.3 Å². The predicted molar refractivity (Wildman–Crippen MR) is 74.0 cm³/mol. The summed E-state index contributed by atoms with van der Waals surface area (Å²) < 4.78 is 5.70. The summed E-state index contributed by atoms with van der Waals surface area (Å²) in [6.07, 6.45) is 2.31. The second-order valence-corrected chi connectivity index (χ2v) is 5.89. The maximum absolute atomic E-state index is 11.6. The average Bonchev–Trinajstić information content (AvgIpc) is 2.90. The number of carboxylic acid groups (broad SMARTS) is 1. The van der Waals surface area contributed by atoms with Gasteiger partial charge in [-0.05, 0) is 26.3 Å². The Labute approximate surface area is 123 Å². The Hall–Kier alpha value is -1.38. The zero-order valence-corrected chi connectivity index (χ0v) is 12.2. The van der Waals surface area contributed by atoms with Crippen LogP contribution in [0.1, 0.15) is 19.8 Å². The fourth-order valence-corrected chi connectivity index (χ4v) is 2.61. The molecule has 2 aliphatic rings. The molecular formula is C13H23N3O5. The second-order valence-electron chi connectivity index (χ2n) is 5.89. The zero-order chi connectivity index (χ0) is 15.5. The highest BCUT2D eigenvalue weighted by atomic mass is 16.5. The van der Waals surface area contributed by atoms with Crippen LogP contribution in [-0.4, -0.2) is 77.6 Å². The first-order valence-corrected chi connectivity index (χ1v) is 7.21. The van der Waals surface area contributed by atoms with Gasteiger partial charge in [0.1, 0.15) is 0 Å². The van der Waals surface area contributed by atoms with Gasteiger partial charge < -0.3 is 25.6 Å². The zero-order valence-electron chi connectivity index (χ0n) is 12.2. The van der Waals surface area contributed by atoms with Crippen LogP contribution in [0, 0.1) is 0 Å². The van der Waals surface area contributed by atoms with Crippen LogP contribution in [-0.2, 0) is 9.53 Å². The summed E-state index contributed by atoms with van der Waals surface area (Å²) >= 11 is 0. The summed E-state index contributed by atoms with van der Waals surface area (Å²) in [6.45, 7) is 3.73. The molecule has 3 unspecified atom stereocenters. The number of nitrogens with one attached hydrogen (secondary N) is 2. The number of carboxylic acids is 1. The Morgan fingerprint density at radius 2 is 2.19 bits per heavy atom. The number of amides is 2. The Morgan fingerprint density at radius 3 is 2.90 bits per heavy atom. The molecule has 0 aromatic carbocycles.